The molecule has 0 aromatic heterocycles. The van der Waals surface area contributed by atoms with Crippen LogP contribution in [0.3, 0.4) is 0 Å². The first-order chi connectivity index (χ1) is 13.2. The average molecular weight is 367 g/mol. The highest BCUT2D eigenvalue weighted by Gasteiger charge is 2.16. The molecule has 0 aliphatic rings. The largest absolute Gasteiger partial charge is 0.503 e. The summed E-state index contributed by atoms with van der Waals surface area (Å²) in [6, 6.07) is 15.3. The maximum Gasteiger partial charge on any atom is 0.341 e. The van der Waals surface area contributed by atoms with E-state index in [-0.39, 0.29) is 0 Å². The fourth-order valence-electron chi connectivity index (χ4n) is 2.48. The third-order valence-electron chi connectivity index (χ3n) is 3.86. The summed E-state index contributed by atoms with van der Waals surface area (Å²) >= 11 is 0. The molecule has 2 rings (SSSR count). The Labute approximate surface area is 160 Å². The van der Waals surface area contributed by atoms with Crippen molar-refractivity contribution in [3.8, 4) is 5.75 Å². The second-order valence-corrected chi connectivity index (χ2v) is 5.68. The molecule has 1 N–H and O–H groups in total. The van der Waals surface area contributed by atoms with E-state index in [1.165, 1.54) is 20.5 Å². The van der Waals surface area contributed by atoms with Gasteiger partial charge in [0.15, 0.2) is 0 Å². The van der Waals surface area contributed by atoms with Crippen molar-refractivity contribution in [2.24, 2.45) is 0 Å². The summed E-state index contributed by atoms with van der Waals surface area (Å²) in [6.45, 7) is 3.09. The smallest absolute Gasteiger partial charge is 0.341 e. The number of carbonyl (C=O) groups is 1. The zero-order chi connectivity index (χ0) is 19.5. The number of benzene rings is 2. The molecule has 0 heterocycles. The summed E-state index contributed by atoms with van der Waals surface area (Å²) in [4.78, 5) is 12.1. The predicted molar refractivity (Wildman–Crippen MR) is 108 cm³/mol. The number of anilines is 1. The normalized spacial score (nSPS) is 11.3. The lowest BCUT2D eigenvalue weighted by atomic mass is 10.0. The van der Waals surface area contributed by atoms with E-state index in [0.29, 0.717) is 12.2 Å². The van der Waals surface area contributed by atoms with E-state index in [2.05, 4.69) is 5.32 Å². The van der Waals surface area contributed by atoms with E-state index >= 15 is 0 Å². The van der Waals surface area contributed by atoms with Gasteiger partial charge in [-0.15, -0.1) is 0 Å². The standard InChI is InChI=1S/C22H25NO4/c1-4-5-14-23-18-10-12-19(13-11-18)27-15-17-8-6-7-9-20(17)21(16-25-2)22(24)26-3/h4-13,16,23H,14-15H2,1-3H3. The molecular formula is C22H25NO4. The Morgan fingerprint density at radius 1 is 1.07 bits per heavy atom. The van der Waals surface area contributed by atoms with Crippen molar-refractivity contribution in [3.63, 3.8) is 0 Å². The number of esters is 1. The Balaban J connectivity index is 2.10. The van der Waals surface area contributed by atoms with Gasteiger partial charge in [0, 0.05) is 12.2 Å². The SMILES string of the molecule is CC=CCNc1ccc(OCc2ccccc2C(=COC)C(=O)OC)cc1. The Hall–Kier alpha value is -3.21. The molecule has 0 aliphatic heterocycles. The van der Waals surface area contributed by atoms with Gasteiger partial charge < -0.3 is 19.5 Å². The molecular weight excluding hydrogens is 342 g/mol. The Morgan fingerprint density at radius 2 is 1.81 bits per heavy atom. The summed E-state index contributed by atoms with van der Waals surface area (Å²) in [5, 5.41) is 3.29. The summed E-state index contributed by atoms with van der Waals surface area (Å²) in [7, 11) is 2.84. The lowest BCUT2D eigenvalue weighted by Gasteiger charge is -2.13. The maximum atomic E-state index is 12.1. The van der Waals surface area contributed by atoms with Crippen LogP contribution in [-0.4, -0.2) is 26.7 Å². The minimum Gasteiger partial charge on any atom is -0.503 e. The molecule has 0 atom stereocenters. The Morgan fingerprint density at radius 3 is 2.48 bits per heavy atom. The Kier molecular flexibility index (Phi) is 7.97. The average Bonchev–Trinajstić information content (AvgIpc) is 2.71. The molecule has 0 unspecified atom stereocenters. The first kappa shape index (κ1) is 20.1. The van der Waals surface area contributed by atoms with Crippen LogP contribution in [0.1, 0.15) is 18.1 Å². The number of allylic oxidation sites excluding steroid dienone is 1. The monoisotopic (exact) mass is 367 g/mol. The zero-order valence-electron chi connectivity index (χ0n) is 15.9. The van der Waals surface area contributed by atoms with Crippen molar-refractivity contribution in [2.75, 3.05) is 26.1 Å². The molecule has 0 spiro atoms. The van der Waals surface area contributed by atoms with Crippen LogP contribution in [0.4, 0.5) is 5.69 Å². The number of carbonyl (C=O) groups excluding carboxylic acids is 1. The molecule has 0 fully saturated rings. The molecule has 0 amide bonds. The van der Waals surface area contributed by atoms with Gasteiger partial charge in [0.2, 0.25) is 0 Å². The highest BCUT2D eigenvalue weighted by atomic mass is 16.5. The minimum absolute atomic E-state index is 0.319. The molecule has 0 radical (unpaired) electrons. The summed E-state index contributed by atoms with van der Waals surface area (Å²) in [5.41, 5.74) is 2.96. The van der Waals surface area contributed by atoms with Crippen LogP contribution in [0, 0.1) is 0 Å². The van der Waals surface area contributed by atoms with Crippen molar-refractivity contribution in [1.29, 1.82) is 0 Å². The second-order valence-electron chi connectivity index (χ2n) is 5.68. The molecule has 27 heavy (non-hydrogen) atoms. The molecule has 0 aliphatic carbocycles. The van der Waals surface area contributed by atoms with Gasteiger partial charge in [-0.25, -0.2) is 4.79 Å². The van der Waals surface area contributed by atoms with Gasteiger partial charge in [-0.05, 0) is 42.3 Å². The van der Waals surface area contributed by atoms with Crippen LogP contribution in [0.5, 0.6) is 5.75 Å². The minimum atomic E-state index is -0.458. The van der Waals surface area contributed by atoms with Crippen LogP contribution in [0.15, 0.2) is 66.9 Å². The van der Waals surface area contributed by atoms with E-state index in [4.69, 9.17) is 14.2 Å². The van der Waals surface area contributed by atoms with E-state index in [1.807, 2.05) is 67.6 Å². The number of hydrogen-bond donors (Lipinski definition) is 1. The number of nitrogens with one attached hydrogen (secondary N) is 1. The topological polar surface area (TPSA) is 56.8 Å². The molecule has 142 valence electrons. The quantitative estimate of drug-likeness (QED) is 0.308. The molecule has 5 heteroatoms. The Bertz CT molecular complexity index is 794. The van der Waals surface area contributed by atoms with Gasteiger partial charge in [0.05, 0.1) is 20.5 Å². The fourth-order valence-corrected chi connectivity index (χ4v) is 2.48. The first-order valence-corrected chi connectivity index (χ1v) is 8.67. The van der Waals surface area contributed by atoms with Crippen LogP contribution < -0.4 is 10.1 Å². The van der Waals surface area contributed by atoms with Crippen molar-refractivity contribution in [3.05, 3.63) is 78.1 Å². The van der Waals surface area contributed by atoms with Gasteiger partial charge >= 0.3 is 5.97 Å². The van der Waals surface area contributed by atoms with Crippen LogP contribution in [0.2, 0.25) is 0 Å². The third-order valence-corrected chi connectivity index (χ3v) is 3.86. The van der Waals surface area contributed by atoms with Crippen molar-refractivity contribution >= 4 is 17.2 Å². The van der Waals surface area contributed by atoms with E-state index in [1.54, 1.807) is 0 Å². The summed E-state index contributed by atoms with van der Waals surface area (Å²) in [5.74, 6) is 0.289. The van der Waals surface area contributed by atoms with E-state index in [9.17, 15) is 4.79 Å². The van der Waals surface area contributed by atoms with Crippen LogP contribution >= 0.6 is 0 Å². The van der Waals surface area contributed by atoms with Gasteiger partial charge in [-0.3, -0.25) is 0 Å². The van der Waals surface area contributed by atoms with Crippen molar-refractivity contribution < 1.29 is 19.0 Å². The fraction of sp³-hybridized carbons (Fsp3) is 0.227. The number of ether oxygens (including phenoxy) is 3. The zero-order valence-corrected chi connectivity index (χ0v) is 15.9. The number of rotatable bonds is 9. The van der Waals surface area contributed by atoms with Crippen molar-refractivity contribution in [2.45, 2.75) is 13.5 Å². The first-order valence-electron chi connectivity index (χ1n) is 8.67. The molecule has 0 saturated heterocycles. The summed E-state index contributed by atoms with van der Waals surface area (Å²) < 4.78 is 15.8. The van der Waals surface area contributed by atoms with Gasteiger partial charge in [0.25, 0.3) is 0 Å². The molecule has 5 nitrogen and oxygen atoms in total. The summed E-state index contributed by atoms with van der Waals surface area (Å²) in [6.07, 6.45) is 5.44. The predicted octanol–water partition coefficient (Wildman–Crippen LogP) is 4.41. The maximum absolute atomic E-state index is 12.1. The van der Waals surface area contributed by atoms with E-state index in [0.717, 1.165) is 29.1 Å². The van der Waals surface area contributed by atoms with Gasteiger partial charge in [-0.1, -0.05) is 36.4 Å². The van der Waals surface area contributed by atoms with Gasteiger partial charge in [-0.2, -0.15) is 0 Å². The number of hydrogen-bond acceptors (Lipinski definition) is 5. The van der Waals surface area contributed by atoms with Gasteiger partial charge in [0.1, 0.15) is 17.9 Å². The highest BCUT2D eigenvalue weighted by Crippen LogP contribution is 2.23. The highest BCUT2D eigenvalue weighted by molar-refractivity contribution is 6.16. The third kappa shape index (κ3) is 5.92. The lowest BCUT2D eigenvalue weighted by molar-refractivity contribution is -0.133. The molecule has 2 aromatic rings. The molecule has 0 saturated carbocycles. The number of methoxy groups -OCH3 is 2. The van der Waals surface area contributed by atoms with Crippen LogP contribution in [0.25, 0.3) is 5.57 Å². The van der Waals surface area contributed by atoms with E-state index < -0.39 is 5.97 Å². The van der Waals surface area contributed by atoms with Crippen molar-refractivity contribution in [1.82, 2.24) is 0 Å². The lowest BCUT2D eigenvalue weighted by Crippen LogP contribution is -2.08. The molecule has 2 aromatic carbocycles. The molecule has 0 bridgehead atoms. The van der Waals surface area contributed by atoms with Crippen LogP contribution in [-0.2, 0) is 20.9 Å². The second kappa shape index (κ2) is 10.7.